The Bertz CT molecular complexity index is 673. The van der Waals surface area contributed by atoms with Gasteiger partial charge in [0, 0.05) is 24.7 Å². The highest BCUT2D eigenvalue weighted by Gasteiger charge is 2.56. The quantitative estimate of drug-likeness (QED) is 0.866. The average Bonchev–Trinajstić information content (AvgIpc) is 2.94. The molecule has 4 rings (SSSR count). The summed E-state index contributed by atoms with van der Waals surface area (Å²) in [5.41, 5.74) is 4.42. The fourth-order valence-corrected chi connectivity index (χ4v) is 4.98. The molecule has 130 valence electrons. The van der Waals surface area contributed by atoms with Crippen LogP contribution in [-0.4, -0.2) is 29.2 Å². The first kappa shape index (κ1) is 16.3. The topological polar surface area (TPSA) is 41.3 Å². The van der Waals surface area contributed by atoms with Crippen molar-refractivity contribution in [3.63, 3.8) is 0 Å². The maximum atomic E-state index is 5.48. The smallest absolute Gasteiger partial charge is 0.138 e. The van der Waals surface area contributed by atoms with Crippen LogP contribution in [0.4, 0.5) is 0 Å². The SMILES string of the molecule is CCc1noc(C)c1CN(Cc1ccsc1)[C@@H]1CC12CCNCC2. The van der Waals surface area contributed by atoms with Crippen LogP contribution in [0.25, 0.3) is 0 Å². The third-order valence-corrected chi connectivity index (χ3v) is 6.65. The van der Waals surface area contributed by atoms with Gasteiger partial charge < -0.3 is 9.84 Å². The molecule has 0 unspecified atom stereocenters. The molecule has 1 spiro atoms. The van der Waals surface area contributed by atoms with Gasteiger partial charge in [0.2, 0.25) is 0 Å². The van der Waals surface area contributed by atoms with Crippen LogP contribution >= 0.6 is 11.3 Å². The summed E-state index contributed by atoms with van der Waals surface area (Å²) in [6, 6.07) is 2.97. The normalized spacial score (nSPS) is 22.4. The Morgan fingerprint density at radius 1 is 1.38 bits per heavy atom. The maximum absolute atomic E-state index is 5.48. The van der Waals surface area contributed by atoms with E-state index in [0.717, 1.165) is 31.0 Å². The van der Waals surface area contributed by atoms with Crippen LogP contribution < -0.4 is 5.32 Å². The lowest BCUT2D eigenvalue weighted by Crippen LogP contribution is -2.36. The van der Waals surface area contributed by atoms with E-state index in [9.17, 15) is 0 Å². The van der Waals surface area contributed by atoms with Crippen LogP contribution in [0.2, 0.25) is 0 Å². The second-order valence-electron chi connectivity index (χ2n) is 7.39. The first-order valence-electron chi connectivity index (χ1n) is 9.12. The van der Waals surface area contributed by atoms with Crippen LogP contribution in [0.15, 0.2) is 21.3 Å². The van der Waals surface area contributed by atoms with Gasteiger partial charge in [0.1, 0.15) is 5.76 Å². The van der Waals surface area contributed by atoms with Gasteiger partial charge in [-0.15, -0.1) is 0 Å². The Morgan fingerprint density at radius 2 is 2.21 bits per heavy atom. The number of rotatable bonds is 6. The molecule has 1 saturated heterocycles. The first-order chi connectivity index (χ1) is 11.7. The van der Waals surface area contributed by atoms with Crippen molar-refractivity contribution in [2.75, 3.05) is 13.1 Å². The molecule has 5 heteroatoms. The molecule has 1 atom stereocenters. The molecule has 1 N–H and O–H groups in total. The molecule has 24 heavy (non-hydrogen) atoms. The second-order valence-corrected chi connectivity index (χ2v) is 8.17. The summed E-state index contributed by atoms with van der Waals surface area (Å²) < 4.78 is 5.48. The Balaban J connectivity index is 1.55. The number of aromatic nitrogens is 1. The zero-order valence-corrected chi connectivity index (χ0v) is 15.5. The van der Waals surface area contributed by atoms with E-state index >= 15 is 0 Å². The highest BCUT2D eigenvalue weighted by molar-refractivity contribution is 7.07. The summed E-state index contributed by atoms with van der Waals surface area (Å²) in [5, 5.41) is 12.2. The summed E-state index contributed by atoms with van der Waals surface area (Å²) in [5.74, 6) is 0.988. The molecule has 3 heterocycles. The van der Waals surface area contributed by atoms with E-state index in [1.165, 1.54) is 43.5 Å². The Morgan fingerprint density at radius 3 is 2.92 bits per heavy atom. The van der Waals surface area contributed by atoms with Crippen molar-refractivity contribution in [3.8, 4) is 0 Å². The van der Waals surface area contributed by atoms with E-state index in [-0.39, 0.29) is 0 Å². The highest BCUT2D eigenvalue weighted by Crippen LogP contribution is 2.56. The monoisotopic (exact) mass is 345 g/mol. The predicted octanol–water partition coefficient (Wildman–Crippen LogP) is 3.75. The minimum Gasteiger partial charge on any atom is -0.361 e. The van der Waals surface area contributed by atoms with E-state index in [0.29, 0.717) is 11.5 Å². The van der Waals surface area contributed by atoms with Crippen LogP contribution in [0.5, 0.6) is 0 Å². The average molecular weight is 346 g/mol. The lowest BCUT2D eigenvalue weighted by Gasteiger charge is -2.29. The van der Waals surface area contributed by atoms with Gasteiger partial charge >= 0.3 is 0 Å². The van der Waals surface area contributed by atoms with Gasteiger partial charge in [-0.3, -0.25) is 4.90 Å². The fourth-order valence-electron chi connectivity index (χ4n) is 4.32. The number of piperidine rings is 1. The first-order valence-corrected chi connectivity index (χ1v) is 10.1. The Kier molecular flexibility index (Phi) is 4.50. The van der Waals surface area contributed by atoms with E-state index in [1.807, 2.05) is 0 Å². The number of hydrogen-bond acceptors (Lipinski definition) is 5. The summed E-state index contributed by atoms with van der Waals surface area (Å²) >= 11 is 1.79. The third-order valence-electron chi connectivity index (χ3n) is 5.91. The van der Waals surface area contributed by atoms with Gasteiger partial charge in [0.05, 0.1) is 5.69 Å². The molecule has 0 radical (unpaired) electrons. The van der Waals surface area contributed by atoms with Crippen LogP contribution in [0.1, 0.15) is 48.8 Å². The molecular formula is C19H27N3OS. The lowest BCUT2D eigenvalue weighted by molar-refractivity contribution is 0.187. The summed E-state index contributed by atoms with van der Waals surface area (Å²) in [7, 11) is 0. The third kappa shape index (κ3) is 3.05. The minimum atomic E-state index is 0.554. The summed E-state index contributed by atoms with van der Waals surface area (Å²) in [6.07, 6.45) is 4.94. The molecule has 4 nitrogen and oxygen atoms in total. The van der Waals surface area contributed by atoms with Gasteiger partial charge in [-0.1, -0.05) is 12.1 Å². The van der Waals surface area contributed by atoms with Gasteiger partial charge in [-0.05, 0) is 73.5 Å². The van der Waals surface area contributed by atoms with Crippen LogP contribution in [0, 0.1) is 12.3 Å². The van der Waals surface area contributed by atoms with E-state index in [2.05, 4.69) is 46.0 Å². The second kappa shape index (κ2) is 6.62. The van der Waals surface area contributed by atoms with E-state index in [1.54, 1.807) is 11.3 Å². The van der Waals surface area contributed by atoms with Gasteiger partial charge in [-0.25, -0.2) is 0 Å². The predicted molar refractivity (Wildman–Crippen MR) is 97.1 cm³/mol. The molecule has 0 aromatic carbocycles. The van der Waals surface area contributed by atoms with Crippen molar-refractivity contribution in [1.82, 2.24) is 15.4 Å². The van der Waals surface area contributed by atoms with Gasteiger partial charge in [0.15, 0.2) is 0 Å². The molecule has 1 aliphatic heterocycles. The van der Waals surface area contributed by atoms with Gasteiger partial charge in [-0.2, -0.15) is 11.3 Å². The molecule has 1 saturated carbocycles. The molecular weight excluding hydrogens is 318 g/mol. The number of aryl methyl sites for hydroxylation is 2. The van der Waals surface area contributed by atoms with E-state index in [4.69, 9.17) is 4.52 Å². The van der Waals surface area contributed by atoms with Gasteiger partial charge in [0.25, 0.3) is 0 Å². The Labute approximate surface area is 148 Å². The molecule has 2 aliphatic rings. The molecule has 0 bridgehead atoms. The maximum Gasteiger partial charge on any atom is 0.138 e. The fraction of sp³-hybridized carbons (Fsp3) is 0.632. The van der Waals surface area contributed by atoms with Crippen LogP contribution in [0.3, 0.4) is 0 Å². The van der Waals surface area contributed by atoms with Crippen molar-refractivity contribution in [1.29, 1.82) is 0 Å². The molecule has 0 amide bonds. The Hall–Kier alpha value is -1.17. The molecule has 1 aliphatic carbocycles. The molecule has 2 fully saturated rings. The standard InChI is InChI=1S/C19H27N3OS/c1-3-17-16(14(2)23-21-17)12-22(11-15-4-9-24-13-15)18-10-19(18)5-7-20-8-6-19/h4,9,13,18,20H,3,5-8,10-12H2,1-2H3/t18-/m1/s1. The zero-order chi connectivity index (χ0) is 16.6. The van der Waals surface area contributed by atoms with Crippen LogP contribution in [-0.2, 0) is 19.5 Å². The number of nitrogens with zero attached hydrogens (tertiary/aromatic N) is 2. The summed E-state index contributed by atoms with van der Waals surface area (Å²) in [4.78, 5) is 2.69. The molecule has 2 aromatic heterocycles. The van der Waals surface area contributed by atoms with E-state index < -0.39 is 0 Å². The number of thiophene rings is 1. The molecule has 2 aromatic rings. The van der Waals surface area contributed by atoms with Crippen molar-refractivity contribution in [3.05, 3.63) is 39.4 Å². The highest BCUT2D eigenvalue weighted by atomic mass is 32.1. The number of hydrogen-bond donors (Lipinski definition) is 1. The lowest BCUT2D eigenvalue weighted by atomic mass is 9.93. The van der Waals surface area contributed by atoms with Crippen molar-refractivity contribution in [2.24, 2.45) is 5.41 Å². The summed E-state index contributed by atoms with van der Waals surface area (Å²) in [6.45, 7) is 8.57. The van der Waals surface area contributed by atoms with Crippen molar-refractivity contribution in [2.45, 2.75) is 58.7 Å². The largest absolute Gasteiger partial charge is 0.361 e. The van der Waals surface area contributed by atoms with Crippen molar-refractivity contribution < 1.29 is 4.52 Å². The minimum absolute atomic E-state index is 0.554. The number of nitrogens with one attached hydrogen (secondary N) is 1. The van der Waals surface area contributed by atoms with Crippen molar-refractivity contribution >= 4 is 11.3 Å². The zero-order valence-electron chi connectivity index (χ0n) is 14.7.